The Balaban J connectivity index is 2.47. The highest BCUT2D eigenvalue weighted by molar-refractivity contribution is 5.98. The molecule has 0 fully saturated rings. The van der Waals surface area contributed by atoms with E-state index in [1.165, 1.54) is 10.8 Å². The Labute approximate surface area is 104 Å². The Bertz CT molecular complexity index is 608. The van der Waals surface area contributed by atoms with Crippen LogP contribution in [-0.2, 0) is 4.74 Å². The van der Waals surface area contributed by atoms with Crippen LogP contribution in [-0.4, -0.2) is 27.5 Å². The van der Waals surface area contributed by atoms with Gasteiger partial charge in [-0.3, -0.25) is 4.79 Å². The molecular formula is C13H14N2O3. The minimum absolute atomic E-state index is 0.425. The molecule has 0 spiro atoms. The minimum Gasteiger partial charge on any atom is -0.443 e. The largest absolute Gasteiger partial charge is 0.443 e. The molecule has 0 aromatic carbocycles. The van der Waals surface area contributed by atoms with Crippen molar-refractivity contribution in [2.24, 2.45) is 0 Å². The van der Waals surface area contributed by atoms with Gasteiger partial charge in [-0.25, -0.2) is 14.3 Å². The molecule has 0 saturated heterocycles. The van der Waals surface area contributed by atoms with Crippen LogP contribution in [0.2, 0.25) is 0 Å². The molecule has 2 rings (SSSR count). The van der Waals surface area contributed by atoms with Crippen LogP contribution in [0.25, 0.3) is 11.0 Å². The van der Waals surface area contributed by atoms with Gasteiger partial charge in [0.05, 0.1) is 0 Å². The summed E-state index contributed by atoms with van der Waals surface area (Å²) in [5.74, 6) is 0. The van der Waals surface area contributed by atoms with Crippen molar-refractivity contribution in [3.05, 3.63) is 30.1 Å². The molecule has 0 unspecified atom stereocenters. The van der Waals surface area contributed by atoms with E-state index in [1.807, 2.05) is 0 Å². The molecule has 0 atom stereocenters. The number of pyridine rings is 1. The Morgan fingerprint density at radius 1 is 1.39 bits per heavy atom. The lowest BCUT2D eigenvalue weighted by Gasteiger charge is -2.19. The number of nitrogens with zero attached hydrogens (tertiary/aromatic N) is 2. The van der Waals surface area contributed by atoms with Gasteiger partial charge in [-0.15, -0.1) is 0 Å². The SMILES string of the molecule is CC(C)(C)OC(=O)n1ccc2c(C=O)ccnc21. The van der Waals surface area contributed by atoms with E-state index >= 15 is 0 Å². The summed E-state index contributed by atoms with van der Waals surface area (Å²) in [6.07, 6.45) is 3.28. The van der Waals surface area contributed by atoms with E-state index in [9.17, 15) is 9.59 Å². The zero-order valence-electron chi connectivity index (χ0n) is 10.5. The van der Waals surface area contributed by atoms with Crippen molar-refractivity contribution in [2.75, 3.05) is 0 Å². The van der Waals surface area contributed by atoms with Crippen LogP contribution in [0.3, 0.4) is 0 Å². The number of ether oxygens (including phenoxy) is 1. The lowest BCUT2D eigenvalue weighted by Crippen LogP contribution is -2.26. The van der Waals surface area contributed by atoms with Crippen molar-refractivity contribution >= 4 is 23.4 Å². The molecule has 5 nitrogen and oxygen atoms in total. The van der Waals surface area contributed by atoms with Crippen LogP contribution in [0.5, 0.6) is 0 Å². The highest BCUT2D eigenvalue weighted by Gasteiger charge is 2.19. The van der Waals surface area contributed by atoms with Crippen LogP contribution in [0.15, 0.2) is 24.5 Å². The van der Waals surface area contributed by atoms with Crippen molar-refractivity contribution in [2.45, 2.75) is 26.4 Å². The Morgan fingerprint density at radius 3 is 2.72 bits per heavy atom. The Hall–Kier alpha value is -2.17. The van der Waals surface area contributed by atoms with Crippen LogP contribution in [0, 0.1) is 0 Å². The molecule has 0 aliphatic carbocycles. The average Bonchev–Trinajstić information content (AvgIpc) is 2.69. The summed E-state index contributed by atoms with van der Waals surface area (Å²) in [5.41, 5.74) is 0.354. The van der Waals surface area contributed by atoms with Crippen LogP contribution in [0.1, 0.15) is 31.1 Å². The second-order valence-corrected chi connectivity index (χ2v) is 4.92. The van der Waals surface area contributed by atoms with Crippen molar-refractivity contribution < 1.29 is 14.3 Å². The number of hydrogen-bond donors (Lipinski definition) is 0. The maximum atomic E-state index is 11.9. The molecule has 0 radical (unpaired) electrons. The monoisotopic (exact) mass is 246 g/mol. The average molecular weight is 246 g/mol. The van der Waals surface area contributed by atoms with Gasteiger partial charge in [0.25, 0.3) is 0 Å². The molecule has 0 bridgehead atoms. The number of carbonyl (C=O) groups is 2. The normalized spacial score (nSPS) is 11.5. The van der Waals surface area contributed by atoms with Gasteiger partial charge in [0.2, 0.25) is 0 Å². The van der Waals surface area contributed by atoms with E-state index in [2.05, 4.69) is 4.98 Å². The molecule has 2 heterocycles. The number of aldehydes is 1. The molecule has 0 aliphatic rings. The second kappa shape index (κ2) is 4.25. The molecular weight excluding hydrogens is 232 g/mol. The lowest BCUT2D eigenvalue weighted by atomic mass is 10.2. The van der Waals surface area contributed by atoms with Gasteiger partial charge < -0.3 is 4.74 Å². The molecule has 0 amide bonds. The maximum Gasteiger partial charge on any atom is 0.420 e. The summed E-state index contributed by atoms with van der Waals surface area (Å²) in [7, 11) is 0. The first-order chi connectivity index (χ1) is 8.42. The predicted octanol–water partition coefficient (Wildman–Crippen LogP) is 2.63. The first-order valence-electron chi connectivity index (χ1n) is 5.57. The van der Waals surface area contributed by atoms with Crippen molar-refractivity contribution in [1.29, 1.82) is 0 Å². The molecule has 18 heavy (non-hydrogen) atoms. The molecule has 0 saturated carbocycles. The molecule has 0 N–H and O–H groups in total. The third-order valence-corrected chi connectivity index (χ3v) is 2.34. The number of fused-ring (bicyclic) bond motifs is 1. The first kappa shape index (κ1) is 12.3. The first-order valence-corrected chi connectivity index (χ1v) is 5.57. The molecule has 0 aliphatic heterocycles. The number of hydrogen-bond acceptors (Lipinski definition) is 4. The van der Waals surface area contributed by atoms with Gasteiger partial charge in [0.1, 0.15) is 11.2 Å². The summed E-state index contributed by atoms with van der Waals surface area (Å²) >= 11 is 0. The van der Waals surface area contributed by atoms with Crippen molar-refractivity contribution in [3.8, 4) is 0 Å². The van der Waals surface area contributed by atoms with E-state index in [0.717, 1.165) is 6.29 Å². The Kier molecular flexibility index (Phi) is 2.90. The zero-order valence-corrected chi connectivity index (χ0v) is 10.5. The van der Waals surface area contributed by atoms with E-state index in [4.69, 9.17) is 4.74 Å². The smallest absolute Gasteiger partial charge is 0.420 e. The summed E-state index contributed by atoms with van der Waals surface area (Å²) in [4.78, 5) is 26.9. The summed E-state index contributed by atoms with van der Waals surface area (Å²) < 4.78 is 6.56. The van der Waals surface area contributed by atoms with Gasteiger partial charge in [-0.2, -0.15) is 0 Å². The minimum atomic E-state index is -0.573. The van der Waals surface area contributed by atoms with Crippen LogP contribution in [0.4, 0.5) is 4.79 Å². The third kappa shape index (κ3) is 2.25. The zero-order chi connectivity index (χ0) is 13.3. The van der Waals surface area contributed by atoms with Gasteiger partial charge in [-0.05, 0) is 32.9 Å². The number of carbonyl (C=O) groups excluding carboxylic acids is 2. The van der Waals surface area contributed by atoms with Crippen molar-refractivity contribution in [1.82, 2.24) is 9.55 Å². The molecule has 94 valence electrons. The van der Waals surface area contributed by atoms with E-state index in [1.54, 1.807) is 39.1 Å². The summed E-state index contributed by atoms with van der Waals surface area (Å²) in [6.45, 7) is 5.38. The second-order valence-electron chi connectivity index (χ2n) is 4.92. The van der Waals surface area contributed by atoms with Crippen LogP contribution >= 0.6 is 0 Å². The summed E-state index contributed by atoms with van der Waals surface area (Å²) in [5, 5.41) is 0.637. The van der Waals surface area contributed by atoms with Crippen molar-refractivity contribution in [3.63, 3.8) is 0 Å². The Morgan fingerprint density at radius 2 is 2.11 bits per heavy atom. The predicted molar refractivity (Wildman–Crippen MR) is 66.8 cm³/mol. The topological polar surface area (TPSA) is 61.2 Å². The molecule has 2 aromatic rings. The maximum absolute atomic E-state index is 11.9. The molecule has 5 heteroatoms. The number of aromatic nitrogens is 2. The van der Waals surface area contributed by atoms with Gasteiger partial charge in [0.15, 0.2) is 6.29 Å². The third-order valence-electron chi connectivity index (χ3n) is 2.34. The summed E-state index contributed by atoms with van der Waals surface area (Å²) in [6, 6.07) is 3.28. The lowest BCUT2D eigenvalue weighted by molar-refractivity contribution is 0.0543. The van der Waals surface area contributed by atoms with E-state index < -0.39 is 11.7 Å². The highest BCUT2D eigenvalue weighted by Crippen LogP contribution is 2.18. The fraction of sp³-hybridized carbons (Fsp3) is 0.308. The standard InChI is InChI=1S/C13H14N2O3/c1-13(2,3)18-12(17)15-7-5-10-9(8-16)4-6-14-11(10)15/h4-8H,1-3H3. The number of rotatable bonds is 1. The van der Waals surface area contributed by atoms with Gasteiger partial charge in [0, 0.05) is 23.3 Å². The van der Waals surface area contributed by atoms with Gasteiger partial charge in [-0.1, -0.05) is 0 Å². The van der Waals surface area contributed by atoms with E-state index in [-0.39, 0.29) is 0 Å². The van der Waals surface area contributed by atoms with E-state index in [0.29, 0.717) is 16.6 Å². The van der Waals surface area contributed by atoms with Gasteiger partial charge >= 0.3 is 6.09 Å². The highest BCUT2D eigenvalue weighted by atomic mass is 16.6. The fourth-order valence-electron chi connectivity index (χ4n) is 1.62. The molecule has 2 aromatic heterocycles. The van der Waals surface area contributed by atoms with Crippen LogP contribution < -0.4 is 0 Å². The fourth-order valence-corrected chi connectivity index (χ4v) is 1.62. The quantitative estimate of drug-likeness (QED) is 0.726.